The van der Waals surface area contributed by atoms with Gasteiger partial charge >= 0.3 is 11.8 Å². The molecule has 0 spiro atoms. The van der Waals surface area contributed by atoms with E-state index in [1.54, 1.807) is 36.4 Å². The standard InChI is InChI=1S/C26H25BrClN3O4/c1-3-19-7-5-6-8-22(19)30-25(32)26(33)31-29-15-18-13-21(27)24(23(14-18)34-4-2)35-16-17-9-11-20(28)12-10-17/h5-15H,3-4,16H2,1-2H3,(H,30,32)(H,31,33)/b29-15+. The third kappa shape index (κ3) is 7.56. The Hall–Kier alpha value is -3.36. The second kappa shape index (κ2) is 12.9. The predicted molar refractivity (Wildman–Crippen MR) is 141 cm³/mol. The average molecular weight is 559 g/mol. The normalized spacial score (nSPS) is 10.7. The summed E-state index contributed by atoms with van der Waals surface area (Å²) in [6.45, 7) is 4.60. The van der Waals surface area contributed by atoms with Crippen molar-refractivity contribution in [1.82, 2.24) is 5.43 Å². The molecule has 0 unspecified atom stereocenters. The van der Waals surface area contributed by atoms with Gasteiger partial charge in [0.1, 0.15) is 6.61 Å². The van der Waals surface area contributed by atoms with E-state index in [9.17, 15) is 9.59 Å². The molecule has 0 saturated carbocycles. The maximum Gasteiger partial charge on any atom is 0.329 e. The average Bonchev–Trinajstić information content (AvgIpc) is 2.85. The summed E-state index contributed by atoms with van der Waals surface area (Å²) in [5.74, 6) is -0.626. The monoisotopic (exact) mass is 557 g/mol. The van der Waals surface area contributed by atoms with Gasteiger partial charge in [0.05, 0.1) is 17.3 Å². The summed E-state index contributed by atoms with van der Waals surface area (Å²) in [5.41, 5.74) is 5.37. The number of nitrogens with zero attached hydrogens (tertiary/aromatic N) is 1. The first-order valence-corrected chi connectivity index (χ1v) is 12.1. The fraction of sp³-hybridized carbons (Fsp3) is 0.192. The molecule has 0 aromatic heterocycles. The third-order valence-corrected chi connectivity index (χ3v) is 5.70. The Balaban J connectivity index is 1.65. The van der Waals surface area contributed by atoms with Crippen molar-refractivity contribution in [2.45, 2.75) is 26.9 Å². The van der Waals surface area contributed by atoms with Crippen LogP contribution in [-0.4, -0.2) is 24.6 Å². The number of halogens is 2. The molecule has 0 bridgehead atoms. The molecule has 3 aromatic carbocycles. The van der Waals surface area contributed by atoms with Crippen molar-refractivity contribution in [1.29, 1.82) is 0 Å². The largest absolute Gasteiger partial charge is 0.490 e. The van der Waals surface area contributed by atoms with E-state index in [-0.39, 0.29) is 0 Å². The number of nitrogens with one attached hydrogen (secondary N) is 2. The molecule has 0 saturated heterocycles. The van der Waals surface area contributed by atoms with Gasteiger partial charge < -0.3 is 14.8 Å². The van der Waals surface area contributed by atoms with Crippen molar-refractivity contribution in [3.05, 3.63) is 86.8 Å². The van der Waals surface area contributed by atoms with Crippen LogP contribution in [0.15, 0.2) is 70.2 Å². The number of rotatable bonds is 9. The van der Waals surface area contributed by atoms with Crippen LogP contribution in [0.4, 0.5) is 5.69 Å². The van der Waals surface area contributed by atoms with E-state index in [1.165, 1.54) is 6.21 Å². The quantitative estimate of drug-likeness (QED) is 0.199. The minimum atomic E-state index is -0.876. The number of aryl methyl sites for hydroxylation is 1. The molecule has 2 N–H and O–H groups in total. The number of anilines is 1. The second-order valence-corrected chi connectivity index (χ2v) is 8.63. The van der Waals surface area contributed by atoms with Crippen molar-refractivity contribution < 1.29 is 19.1 Å². The number of carbonyl (C=O) groups is 2. The summed E-state index contributed by atoms with van der Waals surface area (Å²) < 4.78 is 12.4. The summed E-state index contributed by atoms with van der Waals surface area (Å²) in [6.07, 6.45) is 2.15. The Morgan fingerprint density at radius 1 is 1.03 bits per heavy atom. The second-order valence-electron chi connectivity index (χ2n) is 7.34. The van der Waals surface area contributed by atoms with Crippen LogP contribution in [0.5, 0.6) is 11.5 Å². The summed E-state index contributed by atoms with van der Waals surface area (Å²) in [4.78, 5) is 24.4. The molecule has 0 aliphatic heterocycles. The summed E-state index contributed by atoms with van der Waals surface area (Å²) in [7, 11) is 0. The zero-order chi connectivity index (χ0) is 25.2. The van der Waals surface area contributed by atoms with Gasteiger partial charge in [-0.3, -0.25) is 9.59 Å². The zero-order valence-corrected chi connectivity index (χ0v) is 21.7. The summed E-state index contributed by atoms with van der Waals surface area (Å²) in [5, 5.41) is 7.17. The molecule has 7 nitrogen and oxygen atoms in total. The number of amides is 2. The van der Waals surface area contributed by atoms with E-state index in [0.717, 1.165) is 17.5 Å². The minimum absolute atomic E-state index is 0.329. The Morgan fingerprint density at radius 3 is 2.49 bits per heavy atom. The first-order valence-electron chi connectivity index (χ1n) is 11.0. The van der Waals surface area contributed by atoms with Gasteiger partial charge in [0.25, 0.3) is 0 Å². The minimum Gasteiger partial charge on any atom is -0.490 e. The SMILES string of the molecule is CCOc1cc(/C=N/NC(=O)C(=O)Nc2ccccc2CC)cc(Br)c1OCc1ccc(Cl)cc1. The van der Waals surface area contributed by atoms with Crippen LogP contribution in [0.1, 0.15) is 30.5 Å². The molecule has 3 rings (SSSR count). The first kappa shape index (κ1) is 26.2. The lowest BCUT2D eigenvalue weighted by Gasteiger charge is -2.14. The van der Waals surface area contributed by atoms with Gasteiger partial charge in [-0.05, 0) is 76.3 Å². The zero-order valence-electron chi connectivity index (χ0n) is 19.3. The lowest BCUT2D eigenvalue weighted by atomic mass is 10.1. The van der Waals surface area contributed by atoms with Gasteiger partial charge in [0, 0.05) is 10.7 Å². The van der Waals surface area contributed by atoms with Crippen molar-refractivity contribution in [3.63, 3.8) is 0 Å². The van der Waals surface area contributed by atoms with Crippen molar-refractivity contribution in [2.24, 2.45) is 5.10 Å². The van der Waals surface area contributed by atoms with E-state index < -0.39 is 11.8 Å². The highest BCUT2D eigenvalue weighted by Crippen LogP contribution is 2.37. The van der Waals surface area contributed by atoms with Crippen molar-refractivity contribution in [2.75, 3.05) is 11.9 Å². The van der Waals surface area contributed by atoms with E-state index in [2.05, 4.69) is 31.8 Å². The van der Waals surface area contributed by atoms with Crippen LogP contribution in [0.2, 0.25) is 5.02 Å². The predicted octanol–water partition coefficient (Wildman–Crippen LogP) is 5.73. The molecule has 0 radical (unpaired) electrons. The number of ether oxygens (including phenoxy) is 2. The first-order chi connectivity index (χ1) is 16.9. The van der Waals surface area contributed by atoms with Crippen LogP contribution in [-0.2, 0) is 22.6 Å². The molecule has 182 valence electrons. The fourth-order valence-electron chi connectivity index (χ4n) is 3.15. The molecule has 3 aromatic rings. The van der Waals surface area contributed by atoms with E-state index >= 15 is 0 Å². The molecule has 0 heterocycles. The van der Waals surface area contributed by atoms with Crippen LogP contribution < -0.4 is 20.2 Å². The Morgan fingerprint density at radius 2 is 1.77 bits per heavy atom. The van der Waals surface area contributed by atoms with Crippen LogP contribution in [0.3, 0.4) is 0 Å². The molecule has 2 amide bonds. The van der Waals surface area contributed by atoms with Crippen LogP contribution in [0, 0.1) is 0 Å². The van der Waals surface area contributed by atoms with E-state index in [0.29, 0.717) is 45.5 Å². The van der Waals surface area contributed by atoms with Gasteiger partial charge in [-0.2, -0.15) is 5.10 Å². The van der Waals surface area contributed by atoms with Crippen molar-refractivity contribution >= 4 is 51.2 Å². The molecule has 9 heteroatoms. The van der Waals surface area contributed by atoms with Gasteiger partial charge in [-0.15, -0.1) is 0 Å². The summed E-state index contributed by atoms with van der Waals surface area (Å²) >= 11 is 9.44. The maximum atomic E-state index is 12.2. The number of hydrogen-bond donors (Lipinski definition) is 2. The Labute approximate surface area is 217 Å². The molecule has 35 heavy (non-hydrogen) atoms. The van der Waals surface area contributed by atoms with Gasteiger partial charge in [-0.25, -0.2) is 5.43 Å². The number of carbonyl (C=O) groups excluding carboxylic acids is 2. The lowest BCUT2D eigenvalue weighted by molar-refractivity contribution is -0.136. The third-order valence-electron chi connectivity index (χ3n) is 4.86. The molecule has 0 aliphatic rings. The van der Waals surface area contributed by atoms with E-state index in [4.69, 9.17) is 21.1 Å². The number of para-hydroxylation sites is 1. The van der Waals surface area contributed by atoms with Gasteiger partial charge in [0.15, 0.2) is 11.5 Å². The highest BCUT2D eigenvalue weighted by Gasteiger charge is 2.15. The van der Waals surface area contributed by atoms with E-state index in [1.807, 2.05) is 38.1 Å². The number of benzene rings is 3. The summed E-state index contributed by atoms with van der Waals surface area (Å²) in [6, 6.07) is 18.2. The molecular formula is C26H25BrClN3O4. The highest BCUT2D eigenvalue weighted by atomic mass is 79.9. The van der Waals surface area contributed by atoms with Crippen molar-refractivity contribution in [3.8, 4) is 11.5 Å². The number of hydrazone groups is 1. The fourth-order valence-corrected chi connectivity index (χ4v) is 3.85. The lowest BCUT2D eigenvalue weighted by Crippen LogP contribution is -2.32. The molecule has 0 atom stereocenters. The number of hydrogen-bond acceptors (Lipinski definition) is 5. The van der Waals surface area contributed by atoms with Gasteiger partial charge in [-0.1, -0.05) is 48.9 Å². The van der Waals surface area contributed by atoms with Crippen LogP contribution in [0.25, 0.3) is 0 Å². The smallest absolute Gasteiger partial charge is 0.329 e. The maximum absolute atomic E-state index is 12.2. The topological polar surface area (TPSA) is 89.0 Å². The molecular weight excluding hydrogens is 534 g/mol. The molecule has 0 fully saturated rings. The Bertz CT molecular complexity index is 1220. The van der Waals surface area contributed by atoms with Gasteiger partial charge in [0.2, 0.25) is 0 Å². The molecule has 0 aliphatic carbocycles. The van der Waals surface area contributed by atoms with Crippen LogP contribution >= 0.6 is 27.5 Å². The highest BCUT2D eigenvalue weighted by molar-refractivity contribution is 9.10. The Kier molecular flexibility index (Phi) is 9.69.